The summed E-state index contributed by atoms with van der Waals surface area (Å²) in [5, 5.41) is 14.7. The third kappa shape index (κ3) is 13.4. The molecule has 2 aromatic rings. The van der Waals surface area contributed by atoms with Gasteiger partial charge in [-0.1, -0.05) is 81.5 Å². The molecule has 0 radical (unpaired) electrons. The molecule has 0 fully saturated rings. The van der Waals surface area contributed by atoms with Crippen molar-refractivity contribution in [3.8, 4) is 0 Å². The van der Waals surface area contributed by atoms with Crippen molar-refractivity contribution in [2.45, 2.75) is 89.6 Å². The number of benzene rings is 1. The fraction of sp³-hybridized carbons (Fsp3) is 0.609. The third-order valence-corrected chi connectivity index (χ3v) is 3.39. The molecule has 6 nitrogen and oxygen atoms in total. The quantitative estimate of drug-likeness (QED) is 0.566. The Morgan fingerprint density at radius 3 is 1.77 bits per heavy atom. The van der Waals surface area contributed by atoms with Gasteiger partial charge < -0.3 is 9.67 Å². The van der Waals surface area contributed by atoms with Gasteiger partial charge in [0.1, 0.15) is 6.04 Å². The first-order valence-electron chi connectivity index (χ1n) is 9.86. The molecule has 0 saturated heterocycles. The van der Waals surface area contributed by atoms with Gasteiger partial charge in [0.15, 0.2) is 0 Å². The molecule has 0 bridgehead atoms. The molecule has 0 aliphatic carbocycles. The first kappa shape index (κ1) is 38.7. The Bertz CT molecular complexity index is 774. The molecule has 30 heavy (non-hydrogen) atoms. The van der Waals surface area contributed by atoms with Crippen molar-refractivity contribution in [1.29, 1.82) is 0 Å². The van der Waals surface area contributed by atoms with Gasteiger partial charge in [-0.05, 0) is 31.9 Å². The Morgan fingerprint density at radius 1 is 1.07 bits per heavy atom. The Morgan fingerprint density at radius 2 is 1.43 bits per heavy atom. The van der Waals surface area contributed by atoms with Crippen LogP contribution in [0.2, 0.25) is 0 Å². The van der Waals surface area contributed by atoms with Gasteiger partial charge >= 0.3 is 5.97 Å². The molecule has 1 heterocycles. The van der Waals surface area contributed by atoms with Crippen LogP contribution in [0.15, 0.2) is 24.3 Å². The van der Waals surface area contributed by atoms with E-state index in [2.05, 4.69) is 18.1 Å². The number of rotatable bonds is 3. The Labute approximate surface area is 186 Å². The zero-order chi connectivity index (χ0) is 23.1. The predicted molar refractivity (Wildman–Crippen MR) is 135 cm³/mol. The molecule has 0 amide bonds. The Balaban J connectivity index is -0.000000138. The third-order valence-electron chi connectivity index (χ3n) is 3.39. The summed E-state index contributed by atoms with van der Waals surface area (Å²) < 4.78 is 20.7. The molecule has 2 rings (SSSR count). The van der Waals surface area contributed by atoms with E-state index < -0.39 is 22.0 Å². The number of carboxylic acid groups (broad SMARTS) is 1. The van der Waals surface area contributed by atoms with E-state index in [1.165, 1.54) is 10.9 Å². The second-order valence-electron chi connectivity index (χ2n) is 5.15. The van der Waals surface area contributed by atoms with E-state index in [0.29, 0.717) is 0 Å². The normalized spacial score (nSPS) is 9.83. The standard InChI is InChI=1S/C14H17NO2.3C2H6.CH5NO2S.2CH4/c1-4-11-9(2)15(10(3)14(16)17)13-8-6-5-7-12(11)13;3*1-2;1-5(2,3)4;;/h5-8,10H,4H2,1-3H3,(H,16,17);3*1-2H3;1H3,(H2,2,3,4);2*1H4. The van der Waals surface area contributed by atoms with E-state index in [0.717, 1.165) is 23.9 Å². The van der Waals surface area contributed by atoms with Crippen molar-refractivity contribution in [3.63, 3.8) is 0 Å². The minimum atomic E-state index is -3.17. The van der Waals surface area contributed by atoms with Gasteiger partial charge in [0.2, 0.25) is 10.0 Å². The minimum Gasteiger partial charge on any atom is -0.480 e. The molecule has 1 aromatic heterocycles. The lowest BCUT2D eigenvalue weighted by Crippen LogP contribution is -2.16. The van der Waals surface area contributed by atoms with Crippen LogP contribution in [0, 0.1) is 6.92 Å². The van der Waals surface area contributed by atoms with Gasteiger partial charge in [0, 0.05) is 16.6 Å². The second kappa shape index (κ2) is 20.4. The van der Waals surface area contributed by atoms with Crippen LogP contribution < -0.4 is 5.14 Å². The van der Waals surface area contributed by atoms with Crippen LogP contribution in [0.3, 0.4) is 0 Å². The molecule has 7 heteroatoms. The minimum absolute atomic E-state index is 0. The first-order valence-corrected chi connectivity index (χ1v) is 11.8. The van der Waals surface area contributed by atoms with Crippen molar-refractivity contribution in [2.24, 2.45) is 5.14 Å². The monoisotopic (exact) mass is 448 g/mol. The number of aryl methyl sites for hydroxylation is 1. The lowest BCUT2D eigenvalue weighted by atomic mass is 10.1. The largest absolute Gasteiger partial charge is 0.480 e. The second-order valence-corrected chi connectivity index (χ2v) is 6.81. The van der Waals surface area contributed by atoms with Crippen molar-refractivity contribution < 1.29 is 18.3 Å². The maximum atomic E-state index is 11.2. The van der Waals surface area contributed by atoms with Gasteiger partial charge in [-0.3, -0.25) is 0 Å². The average Bonchev–Trinajstić information content (AvgIpc) is 2.95. The number of sulfonamides is 1. The molecule has 0 saturated carbocycles. The highest BCUT2D eigenvalue weighted by molar-refractivity contribution is 7.88. The molecular formula is C23H48N2O4S. The summed E-state index contributed by atoms with van der Waals surface area (Å²) in [4.78, 5) is 11.2. The number of carboxylic acids is 1. The number of para-hydroxylation sites is 1. The topological polar surface area (TPSA) is 102 Å². The van der Waals surface area contributed by atoms with Gasteiger partial charge in [-0.2, -0.15) is 0 Å². The van der Waals surface area contributed by atoms with Crippen LogP contribution in [0.4, 0.5) is 0 Å². The summed E-state index contributed by atoms with van der Waals surface area (Å²) in [5.74, 6) is -0.795. The van der Waals surface area contributed by atoms with E-state index in [9.17, 15) is 18.3 Å². The molecule has 0 aliphatic rings. The van der Waals surface area contributed by atoms with Gasteiger partial charge in [-0.15, -0.1) is 0 Å². The lowest BCUT2D eigenvalue weighted by molar-refractivity contribution is -0.140. The van der Waals surface area contributed by atoms with E-state index in [4.69, 9.17) is 0 Å². The number of primary sulfonamides is 1. The summed E-state index contributed by atoms with van der Waals surface area (Å²) in [6.07, 6.45) is 1.86. The predicted octanol–water partition coefficient (Wildman–Crippen LogP) is 6.41. The highest BCUT2D eigenvalue weighted by Gasteiger charge is 2.20. The van der Waals surface area contributed by atoms with Gasteiger partial charge in [0.05, 0.1) is 6.26 Å². The van der Waals surface area contributed by atoms with Crippen LogP contribution in [-0.2, 0) is 21.2 Å². The number of aromatic nitrogens is 1. The van der Waals surface area contributed by atoms with Crippen molar-refractivity contribution >= 4 is 26.9 Å². The maximum Gasteiger partial charge on any atom is 0.326 e. The molecule has 0 spiro atoms. The van der Waals surface area contributed by atoms with Gasteiger partial charge in [-0.25, -0.2) is 18.4 Å². The number of aliphatic carboxylic acids is 1. The fourth-order valence-corrected chi connectivity index (χ4v) is 2.52. The SMILES string of the molecule is C.C.CC.CC.CC.CCc1c(C)n(C(C)C(=O)O)c2ccccc12.CS(N)(=O)=O. The van der Waals surface area contributed by atoms with Crippen molar-refractivity contribution in [1.82, 2.24) is 4.57 Å². The number of hydrogen-bond acceptors (Lipinski definition) is 3. The summed E-state index contributed by atoms with van der Waals surface area (Å²) >= 11 is 0. The van der Waals surface area contributed by atoms with E-state index in [1.54, 1.807) is 6.92 Å². The van der Waals surface area contributed by atoms with Crippen molar-refractivity contribution in [2.75, 3.05) is 6.26 Å². The average molecular weight is 449 g/mol. The lowest BCUT2D eigenvalue weighted by Gasteiger charge is -2.13. The summed E-state index contributed by atoms with van der Waals surface area (Å²) in [7, 11) is -3.17. The Kier molecular flexibility index (Phi) is 26.3. The van der Waals surface area contributed by atoms with Crippen LogP contribution in [0.1, 0.15) is 87.5 Å². The van der Waals surface area contributed by atoms with Gasteiger partial charge in [0.25, 0.3) is 0 Å². The molecule has 1 atom stereocenters. The number of nitrogens with two attached hydrogens (primary N) is 1. The molecular weight excluding hydrogens is 400 g/mol. The Hall–Kier alpha value is -1.86. The summed E-state index contributed by atoms with van der Waals surface area (Å²) in [6, 6.07) is 7.47. The number of carbonyl (C=O) groups is 1. The summed E-state index contributed by atoms with van der Waals surface area (Å²) in [6.45, 7) is 17.8. The molecule has 180 valence electrons. The number of fused-ring (bicyclic) bond motifs is 1. The highest BCUT2D eigenvalue weighted by atomic mass is 32.2. The fourth-order valence-electron chi connectivity index (χ4n) is 2.52. The molecule has 1 aromatic carbocycles. The zero-order valence-corrected chi connectivity index (χ0v) is 20.0. The van der Waals surface area contributed by atoms with E-state index in [1.807, 2.05) is 71.2 Å². The van der Waals surface area contributed by atoms with Crippen LogP contribution in [0.5, 0.6) is 0 Å². The van der Waals surface area contributed by atoms with Crippen molar-refractivity contribution in [3.05, 3.63) is 35.5 Å². The maximum absolute atomic E-state index is 11.2. The van der Waals surface area contributed by atoms with Crippen LogP contribution in [0.25, 0.3) is 10.9 Å². The zero-order valence-electron chi connectivity index (χ0n) is 19.2. The number of hydrogen-bond donors (Lipinski definition) is 2. The first-order chi connectivity index (χ1) is 13.1. The summed E-state index contributed by atoms with van der Waals surface area (Å²) in [5.41, 5.74) is 3.31. The van der Waals surface area contributed by atoms with Crippen LogP contribution in [-0.4, -0.2) is 30.3 Å². The molecule has 1 unspecified atom stereocenters. The molecule has 0 aliphatic heterocycles. The number of nitrogens with zero attached hydrogens (tertiary/aromatic N) is 1. The van der Waals surface area contributed by atoms with E-state index in [-0.39, 0.29) is 14.9 Å². The molecule has 3 N–H and O–H groups in total. The van der Waals surface area contributed by atoms with Crippen LogP contribution >= 0.6 is 0 Å². The highest BCUT2D eigenvalue weighted by Crippen LogP contribution is 2.29. The van der Waals surface area contributed by atoms with E-state index >= 15 is 0 Å². The smallest absolute Gasteiger partial charge is 0.326 e.